The Morgan fingerprint density at radius 1 is 1.65 bits per heavy atom. The number of carbonyl (C=O) groups excluding carboxylic acids is 1. The molecule has 1 atom stereocenters. The Morgan fingerprint density at radius 2 is 2.29 bits per heavy atom. The van der Waals surface area contributed by atoms with E-state index in [2.05, 4.69) is 9.72 Å². The van der Waals surface area contributed by atoms with Crippen LogP contribution in [0.1, 0.15) is 28.5 Å². The van der Waals surface area contributed by atoms with Crippen LogP contribution in [-0.4, -0.2) is 29.1 Å². The maximum atomic E-state index is 13.3. The van der Waals surface area contributed by atoms with Gasteiger partial charge in [-0.25, -0.2) is 14.2 Å². The van der Waals surface area contributed by atoms with Crippen molar-refractivity contribution in [3.63, 3.8) is 0 Å². The molecule has 0 spiro atoms. The molecule has 0 saturated carbocycles. The second kappa shape index (κ2) is 5.35. The third-order valence-electron chi connectivity index (χ3n) is 2.11. The van der Waals surface area contributed by atoms with Crippen molar-refractivity contribution in [3.8, 4) is 0 Å². The molecule has 0 unspecified atom stereocenters. The minimum Gasteiger partial charge on any atom is -0.476 e. The Morgan fingerprint density at radius 3 is 2.76 bits per heavy atom. The number of carboxylic acid groups (broad SMARTS) is 1. The average molecular weight is 242 g/mol. The highest BCUT2D eigenvalue weighted by Gasteiger charge is 2.17. The molecule has 1 aromatic heterocycles. The fraction of sp³-hybridized carbons (Fsp3) is 0.300. The first kappa shape index (κ1) is 13.0. The van der Waals surface area contributed by atoms with Gasteiger partial charge in [0.15, 0.2) is 11.5 Å². The van der Waals surface area contributed by atoms with Gasteiger partial charge in [0.1, 0.15) is 0 Å². The average Bonchev–Trinajstić information content (AvgIpc) is 2.28. The molecular formula is C10H11FN2O4. The lowest BCUT2D eigenvalue weighted by Crippen LogP contribution is -2.17. The van der Waals surface area contributed by atoms with Crippen molar-refractivity contribution in [2.24, 2.45) is 5.73 Å². The Bertz CT molecular complexity index is 450. The molecule has 0 aliphatic carbocycles. The van der Waals surface area contributed by atoms with Crippen LogP contribution in [0, 0.1) is 5.82 Å². The van der Waals surface area contributed by atoms with E-state index in [4.69, 9.17) is 10.8 Å². The number of aromatic nitrogens is 1. The molecule has 17 heavy (non-hydrogen) atoms. The molecule has 0 aliphatic heterocycles. The number of rotatable bonds is 4. The van der Waals surface area contributed by atoms with Gasteiger partial charge in [0.05, 0.1) is 13.5 Å². The number of nitrogens with two attached hydrogens (primary N) is 1. The summed E-state index contributed by atoms with van der Waals surface area (Å²) in [6, 6.07) is 0.164. The van der Waals surface area contributed by atoms with E-state index in [-0.39, 0.29) is 12.0 Å². The summed E-state index contributed by atoms with van der Waals surface area (Å²) < 4.78 is 17.7. The zero-order chi connectivity index (χ0) is 13.0. The molecule has 1 rings (SSSR count). The zero-order valence-corrected chi connectivity index (χ0v) is 9.01. The molecule has 1 aromatic rings. The number of aromatic carboxylic acids is 1. The first-order valence-corrected chi connectivity index (χ1v) is 4.66. The minimum atomic E-state index is -1.46. The van der Waals surface area contributed by atoms with Crippen molar-refractivity contribution in [1.29, 1.82) is 0 Å². The van der Waals surface area contributed by atoms with E-state index in [0.29, 0.717) is 0 Å². The number of hydrogen-bond acceptors (Lipinski definition) is 5. The Kier molecular flexibility index (Phi) is 4.11. The maximum absolute atomic E-state index is 13.3. The third kappa shape index (κ3) is 3.22. The van der Waals surface area contributed by atoms with Crippen LogP contribution in [0.3, 0.4) is 0 Å². The van der Waals surface area contributed by atoms with E-state index < -0.39 is 29.5 Å². The number of carbonyl (C=O) groups is 2. The molecule has 7 heteroatoms. The molecule has 0 bridgehead atoms. The first-order chi connectivity index (χ1) is 7.95. The highest BCUT2D eigenvalue weighted by molar-refractivity contribution is 5.85. The lowest BCUT2D eigenvalue weighted by atomic mass is 10.1. The van der Waals surface area contributed by atoms with Gasteiger partial charge in [0.25, 0.3) is 0 Å². The number of hydrogen-bond donors (Lipinski definition) is 2. The molecule has 0 aromatic carbocycles. The van der Waals surface area contributed by atoms with Crippen LogP contribution < -0.4 is 5.73 Å². The predicted molar refractivity (Wildman–Crippen MR) is 54.7 cm³/mol. The summed E-state index contributed by atoms with van der Waals surface area (Å²) in [5.41, 5.74) is 5.16. The number of nitrogens with zero attached hydrogens (tertiary/aromatic N) is 1. The first-order valence-electron chi connectivity index (χ1n) is 4.66. The molecule has 6 nitrogen and oxygen atoms in total. The van der Waals surface area contributed by atoms with Crippen LogP contribution in [0.15, 0.2) is 12.3 Å². The maximum Gasteiger partial charge on any atom is 0.357 e. The van der Waals surface area contributed by atoms with Crippen LogP contribution in [0.5, 0.6) is 0 Å². The lowest BCUT2D eigenvalue weighted by molar-refractivity contribution is -0.141. The molecule has 1 heterocycles. The van der Waals surface area contributed by atoms with Gasteiger partial charge in [0, 0.05) is 12.2 Å². The predicted octanol–water partition coefficient (Wildman–Crippen LogP) is 0.482. The van der Waals surface area contributed by atoms with Crippen molar-refractivity contribution in [3.05, 3.63) is 29.3 Å². The normalized spacial score (nSPS) is 11.9. The van der Waals surface area contributed by atoms with Gasteiger partial charge in [-0.2, -0.15) is 0 Å². The van der Waals surface area contributed by atoms with E-state index in [9.17, 15) is 14.0 Å². The quantitative estimate of drug-likeness (QED) is 0.744. The summed E-state index contributed by atoms with van der Waals surface area (Å²) in [5, 5.41) is 8.57. The number of methoxy groups -OCH3 is 1. The second-order valence-corrected chi connectivity index (χ2v) is 3.29. The van der Waals surface area contributed by atoms with Crippen LogP contribution in [-0.2, 0) is 9.53 Å². The smallest absolute Gasteiger partial charge is 0.357 e. The summed E-state index contributed by atoms with van der Waals surface area (Å²) in [5.74, 6) is -2.99. The molecule has 0 amide bonds. The Balaban J connectivity index is 2.89. The molecule has 0 radical (unpaired) electrons. The fourth-order valence-corrected chi connectivity index (χ4v) is 1.19. The Hall–Kier alpha value is -2.02. The number of halogens is 1. The fourth-order valence-electron chi connectivity index (χ4n) is 1.19. The zero-order valence-electron chi connectivity index (χ0n) is 9.01. The summed E-state index contributed by atoms with van der Waals surface area (Å²) in [4.78, 5) is 24.9. The summed E-state index contributed by atoms with van der Waals surface area (Å²) >= 11 is 0. The summed E-state index contributed by atoms with van der Waals surface area (Å²) in [6.07, 6.45) is 0.990. The van der Waals surface area contributed by atoms with E-state index in [0.717, 1.165) is 12.3 Å². The monoisotopic (exact) mass is 242 g/mol. The second-order valence-electron chi connectivity index (χ2n) is 3.29. The van der Waals surface area contributed by atoms with Gasteiger partial charge >= 0.3 is 11.9 Å². The van der Waals surface area contributed by atoms with Gasteiger partial charge in [-0.05, 0) is 11.6 Å². The highest BCUT2D eigenvalue weighted by Crippen LogP contribution is 2.16. The van der Waals surface area contributed by atoms with Gasteiger partial charge in [-0.3, -0.25) is 4.79 Å². The van der Waals surface area contributed by atoms with E-state index >= 15 is 0 Å². The van der Waals surface area contributed by atoms with Crippen molar-refractivity contribution < 1.29 is 23.8 Å². The number of esters is 1. The third-order valence-corrected chi connectivity index (χ3v) is 2.11. The van der Waals surface area contributed by atoms with E-state index in [1.807, 2.05) is 0 Å². The van der Waals surface area contributed by atoms with Crippen LogP contribution >= 0.6 is 0 Å². The van der Waals surface area contributed by atoms with Gasteiger partial charge in [0.2, 0.25) is 0 Å². The Labute approximate surface area is 96.2 Å². The van der Waals surface area contributed by atoms with Crippen molar-refractivity contribution in [2.75, 3.05) is 7.11 Å². The van der Waals surface area contributed by atoms with Crippen LogP contribution in [0.4, 0.5) is 4.39 Å². The van der Waals surface area contributed by atoms with E-state index in [1.165, 1.54) is 7.11 Å². The lowest BCUT2D eigenvalue weighted by Gasteiger charge is -2.10. The summed E-state index contributed by atoms with van der Waals surface area (Å²) in [7, 11) is 1.21. The molecule has 3 N–H and O–H groups in total. The van der Waals surface area contributed by atoms with Crippen molar-refractivity contribution in [2.45, 2.75) is 12.5 Å². The summed E-state index contributed by atoms with van der Waals surface area (Å²) in [6.45, 7) is 0. The molecule has 0 saturated heterocycles. The largest absolute Gasteiger partial charge is 0.476 e. The molecule has 0 fully saturated rings. The topological polar surface area (TPSA) is 103 Å². The number of pyridine rings is 1. The number of ether oxygens (including phenoxy) is 1. The van der Waals surface area contributed by atoms with Crippen molar-refractivity contribution in [1.82, 2.24) is 4.98 Å². The van der Waals surface area contributed by atoms with Crippen LogP contribution in [0.2, 0.25) is 0 Å². The molecule has 0 aliphatic rings. The van der Waals surface area contributed by atoms with Gasteiger partial charge in [-0.1, -0.05) is 0 Å². The number of carboxylic acids is 1. The van der Waals surface area contributed by atoms with Crippen LogP contribution in [0.25, 0.3) is 0 Å². The molecular weight excluding hydrogens is 231 g/mol. The highest BCUT2D eigenvalue weighted by atomic mass is 19.1. The minimum absolute atomic E-state index is 0.135. The molecule has 92 valence electrons. The van der Waals surface area contributed by atoms with Gasteiger partial charge in [-0.15, -0.1) is 0 Å². The van der Waals surface area contributed by atoms with Gasteiger partial charge < -0.3 is 15.6 Å². The van der Waals surface area contributed by atoms with Crippen molar-refractivity contribution >= 4 is 11.9 Å². The van der Waals surface area contributed by atoms with E-state index in [1.54, 1.807) is 0 Å². The standard InChI is InChI=1S/C10H11FN2O4/c1-17-8(14)3-7(12)5-2-6(11)9(10(15)16)13-4-5/h2,4,7H,3,12H2,1H3,(H,15,16)/t7-/m0/s1. The SMILES string of the molecule is COC(=O)C[C@H](N)c1cnc(C(=O)O)c(F)c1.